The van der Waals surface area contributed by atoms with Crippen molar-refractivity contribution in [3.8, 4) is 0 Å². The predicted molar refractivity (Wildman–Crippen MR) is 104 cm³/mol. The molecule has 28 heavy (non-hydrogen) atoms. The van der Waals surface area contributed by atoms with Gasteiger partial charge in [-0.2, -0.15) is 5.10 Å². The van der Waals surface area contributed by atoms with Crippen LogP contribution < -0.4 is 10.9 Å². The maximum Gasteiger partial charge on any atom is 0.267 e. The molecule has 0 saturated heterocycles. The van der Waals surface area contributed by atoms with Gasteiger partial charge in [-0.1, -0.05) is 0 Å². The summed E-state index contributed by atoms with van der Waals surface area (Å²) in [6.07, 6.45) is 7.82. The summed E-state index contributed by atoms with van der Waals surface area (Å²) >= 11 is 0. The molecule has 1 N–H and O–H groups in total. The first kappa shape index (κ1) is 17.2. The molecule has 1 aliphatic carbocycles. The van der Waals surface area contributed by atoms with Gasteiger partial charge in [0.2, 0.25) is 0 Å². The molecule has 5 rings (SSSR count). The van der Waals surface area contributed by atoms with Crippen LogP contribution in [0.2, 0.25) is 0 Å². The highest BCUT2D eigenvalue weighted by atomic mass is 16.5. The van der Waals surface area contributed by atoms with E-state index in [-0.39, 0.29) is 11.6 Å². The molecule has 0 aromatic carbocycles. The van der Waals surface area contributed by atoms with E-state index in [1.165, 1.54) is 0 Å². The Balaban J connectivity index is 1.30. The molecule has 4 heterocycles. The van der Waals surface area contributed by atoms with E-state index in [4.69, 9.17) is 4.74 Å². The minimum Gasteiger partial charge on any atom is -0.376 e. The molecule has 3 aromatic heterocycles. The van der Waals surface area contributed by atoms with Crippen molar-refractivity contribution in [1.29, 1.82) is 0 Å². The summed E-state index contributed by atoms with van der Waals surface area (Å²) in [7, 11) is 0. The first-order chi connectivity index (χ1) is 13.8. The van der Waals surface area contributed by atoms with Gasteiger partial charge in [0, 0.05) is 30.3 Å². The normalized spacial score (nSPS) is 22.0. The zero-order valence-electron chi connectivity index (χ0n) is 15.5. The number of pyridine rings is 1. The maximum atomic E-state index is 12.5. The Morgan fingerprint density at radius 3 is 2.93 bits per heavy atom. The molecule has 144 valence electrons. The van der Waals surface area contributed by atoms with Crippen molar-refractivity contribution in [2.24, 2.45) is 0 Å². The molecular formula is C20H22N6O2. The molecule has 0 bridgehead atoms. The van der Waals surface area contributed by atoms with Gasteiger partial charge in [-0.15, -0.1) is 0 Å². The third kappa shape index (κ3) is 3.24. The minimum atomic E-state index is -0.0199. The largest absolute Gasteiger partial charge is 0.376 e. The van der Waals surface area contributed by atoms with E-state index in [0.29, 0.717) is 24.9 Å². The van der Waals surface area contributed by atoms with Crippen molar-refractivity contribution in [1.82, 2.24) is 24.7 Å². The molecule has 0 atom stereocenters. The van der Waals surface area contributed by atoms with E-state index < -0.39 is 0 Å². The Labute approximate surface area is 162 Å². The van der Waals surface area contributed by atoms with Crippen LogP contribution in [0.15, 0.2) is 35.5 Å². The van der Waals surface area contributed by atoms with E-state index in [9.17, 15) is 4.79 Å². The topological polar surface area (TPSA) is 94.8 Å². The van der Waals surface area contributed by atoms with Crippen molar-refractivity contribution in [2.45, 2.75) is 50.8 Å². The summed E-state index contributed by atoms with van der Waals surface area (Å²) in [6, 6.07) is 6.05. The van der Waals surface area contributed by atoms with Crippen molar-refractivity contribution in [2.75, 3.05) is 11.9 Å². The van der Waals surface area contributed by atoms with Gasteiger partial charge >= 0.3 is 0 Å². The predicted octanol–water partition coefficient (Wildman–Crippen LogP) is 2.25. The number of aromatic nitrogens is 5. The van der Waals surface area contributed by atoms with E-state index >= 15 is 0 Å². The molecule has 2 aliphatic rings. The number of hydrogen-bond acceptors (Lipinski definition) is 7. The molecule has 8 nitrogen and oxygen atoms in total. The molecule has 0 amide bonds. The number of hydrogen-bond donors (Lipinski definition) is 1. The second-order valence-electron chi connectivity index (χ2n) is 7.45. The van der Waals surface area contributed by atoms with Crippen LogP contribution in [-0.2, 0) is 17.8 Å². The quantitative estimate of drug-likeness (QED) is 0.747. The fourth-order valence-electron chi connectivity index (χ4n) is 4.16. The number of ether oxygens (including phenoxy) is 1. The molecule has 3 aromatic rings. The zero-order valence-corrected chi connectivity index (χ0v) is 15.5. The molecular weight excluding hydrogens is 356 g/mol. The van der Waals surface area contributed by atoms with E-state index in [1.807, 2.05) is 12.1 Å². The first-order valence-corrected chi connectivity index (χ1v) is 9.79. The molecule has 0 radical (unpaired) electrons. The third-order valence-corrected chi connectivity index (χ3v) is 5.66. The summed E-state index contributed by atoms with van der Waals surface area (Å²) in [5.41, 5.74) is 2.62. The van der Waals surface area contributed by atoms with Crippen LogP contribution in [0.25, 0.3) is 11.0 Å². The standard InChI is InChI=1S/C20H22N6O2/c27-18-10-13-11-28-9-7-17(13)25-26(18)15-5-3-14(4-6-15)24-20-16-2-1-8-21-19(16)22-12-23-20/h1-2,8,10,12,14-15H,3-7,9,11H2,(H,21,22,23,24). The molecule has 8 heteroatoms. The fourth-order valence-corrected chi connectivity index (χ4v) is 4.16. The fraction of sp³-hybridized carbons (Fsp3) is 0.450. The second kappa shape index (κ2) is 7.27. The van der Waals surface area contributed by atoms with Crippen molar-refractivity contribution in [3.05, 3.63) is 52.3 Å². The van der Waals surface area contributed by atoms with E-state index in [0.717, 1.165) is 54.6 Å². The van der Waals surface area contributed by atoms with Gasteiger partial charge in [-0.25, -0.2) is 19.6 Å². The number of nitrogens with zero attached hydrogens (tertiary/aromatic N) is 5. The lowest BCUT2D eigenvalue weighted by atomic mass is 9.91. The van der Waals surface area contributed by atoms with Crippen LogP contribution in [0.4, 0.5) is 5.82 Å². The number of nitrogens with one attached hydrogen (secondary N) is 1. The van der Waals surface area contributed by atoms with Gasteiger partial charge in [0.05, 0.1) is 30.3 Å². The highest BCUT2D eigenvalue weighted by Gasteiger charge is 2.25. The van der Waals surface area contributed by atoms with Crippen LogP contribution in [-0.4, -0.2) is 37.4 Å². The molecule has 1 aliphatic heterocycles. The summed E-state index contributed by atoms with van der Waals surface area (Å²) < 4.78 is 7.13. The van der Waals surface area contributed by atoms with Crippen LogP contribution in [0.1, 0.15) is 43.0 Å². The Hall–Kier alpha value is -2.87. The first-order valence-electron chi connectivity index (χ1n) is 9.79. The Morgan fingerprint density at radius 2 is 2.04 bits per heavy atom. The summed E-state index contributed by atoms with van der Waals surface area (Å²) in [6.45, 7) is 1.17. The second-order valence-corrected chi connectivity index (χ2v) is 7.45. The third-order valence-electron chi connectivity index (χ3n) is 5.66. The van der Waals surface area contributed by atoms with Gasteiger partial charge in [-0.3, -0.25) is 4.79 Å². The van der Waals surface area contributed by atoms with Crippen LogP contribution in [0.3, 0.4) is 0 Å². The summed E-state index contributed by atoms with van der Waals surface area (Å²) in [5, 5.41) is 9.14. The van der Waals surface area contributed by atoms with Gasteiger partial charge in [0.1, 0.15) is 12.1 Å². The van der Waals surface area contributed by atoms with Gasteiger partial charge in [0.25, 0.3) is 5.56 Å². The van der Waals surface area contributed by atoms with Crippen molar-refractivity contribution in [3.63, 3.8) is 0 Å². The smallest absolute Gasteiger partial charge is 0.267 e. The molecule has 0 unspecified atom stereocenters. The SMILES string of the molecule is O=c1cc2c(nn1C1CCC(Nc3ncnc4ncccc34)CC1)CCOC2. The molecule has 1 saturated carbocycles. The van der Waals surface area contributed by atoms with Gasteiger partial charge < -0.3 is 10.1 Å². The lowest BCUT2D eigenvalue weighted by molar-refractivity contribution is 0.107. The number of rotatable bonds is 3. The Bertz CT molecular complexity index is 1050. The number of anilines is 1. The number of fused-ring (bicyclic) bond motifs is 2. The van der Waals surface area contributed by atoms with Crippen molar-refractivity contribution < 1.29 is 4.74 Å². The maximum absolute atomic E-state index is 12.5. The van der Waals surface area contributed by atoms with Crippen LogP contribution in [0, 0.1) is 0 Å². The summed E-state index contributed by atoms with van der Waals surface area (Å²) in [4.78, 5) is 25.4. The van der Waals surface area contributed by atoms with Gasteiger partial charge in [0.15, 0.2) is 5.65 Å². The lowest BCUT2D eigenvalue weighted by Crippen LogP contribution is -2.35. The Kier molecular flexibility index (Phi) is 4.48. The van der Waals surface area contributed by atoms with Crippen LogP contribution in [0.5, 0.6) is 0 Å². The lowest BCUT2D eigenvalue weighted by Gasteiger charge is -2.30. The van der Waals surface area contributed by atoms with E-state index in [1.54, 1.807) is 23.3 Å². The minimum absolute atomic E-state index is 0.0199. The average molecular weight is 378 g/mol. The van der Waals surface area contributed by atoms with Gasteiger partial charge in [-0.05, 0) is 37.8 Å². The highest BCUT2D eigenvalue weighted by Crippen LogP contribution is 2.30. The highest BCUT2D eigenvalue weighted by molar-refractivity contribution is 5.85. The van der Waals surface area contributed by atoms with E-state index in [2.05, 4.69) is 25.4 Å². The van der Waals surface area contributed by atoms with Crippen LogP contribution >= 0.6 is 0 Å². The summed E-state index contributed by atoms with van der Waals surface area (Å²) in [5.74, 6) is 0.825. The molecule has 0 spiro atoms. The average Bonchev–Trinajstić information content (AvgIpc) is 2.74. The zero-order chi connectivity index (χ0) is 18.9. The Morgan fingerprint density at radius 1 is 1.14 bits per heavy atom. The van der Waals surface area contributed by atoms with Crippen molar-refractivity contribution >= 4 is 16.9 Å². The monoisotopic (exact) mass is 378 g/mol. The molecule has 1 fully saturated rings.